The van der Waals surface area contributed by atoms with E-state index in [1.54, 1.807) is 0 Å². The van der Waals surface area contributed by atoms with Gasteiger partial charge in [-0.2, -0.15) is 0 Å². The summed E-state index contributed by atoms with van der Waals surface area (Å²) in [5.74, 6) is -0.0366. The van der Waals surface area contributed by atoms with E-state index in [9.17, 15) is 4.79 Å². The molecule has 7 heteroatoms. The molecule has 0 aliphatic rings. The average Bonchev–Trinajstić information content (AvgIpc) is 2.68. The Balaban J connectivity index is 2.92. The Morgan fingerprint density at radius 2 is 2.05 bits per heavy atom. The summed E-state index contributed by atoms with van der Waals surface area (Å²) in [5.41, 5.74) is 0.159. The molecule has 0 aromatic carbocycles. The van der Waals surface area contributed by atoms with Gasteiger partial charge in [0, 0.05) is 20.1 Å². The smallest absolute Gasteiger partial charge is 0.313 e. The van der Waals surface area contributed by atoms with Crippen molar-refractivity contribution in [3.8, 4) is 0 Å². The molecule has 20 heavy (non-hydrogen) atoms. The lowest BCUT2D eigenvalue weighted by molar-refractivity contribution is -0.133. The van der Waals surface area contributed by atoms with Gasteiger partial charge in [0.1, 0.15) is 0 Å². The van der Waals surface area contributed by atoms with Crippen LogP contribution in [0.15, 0.2) is 5.16 Å². The van der Waals surface area contributed by atoms with Crippen molar-refractivity contribution >= 4 is 23.7 Å². The van der Waals surface area contributed by atoms with Crippen molar-refractivity contribution in [1.29, 1.82) is 0 Å². The second-order valence-electron chi connectivity index (χ2n) is 6.03. The fourth-order valence-electron chi connectivity index (χ4n) is 2.00. The van der Waals surface area contributed by atoms with Gasteiger partial charge in [0.15, 0.2) is 5.16 Å². The van der Waals surface area contributed by atoms with Crippen LogP contribution in [0, 0.1) is 5.41 Å². The Morgan fingerprint density at radius 1 is 1.40 bits per heavy atom. The minimum atomic E-state index is -0.842. The number of carboxylic acids is 1. The van der Waals surface area contributed by atoms with Crippen LogP contribution in [-0.4, -0.2) is 45.2 Å². The first-order valence-electron chi connectivity index (χ1n) is 6.73. The zero-order valence-corrected chi connectivity index (χ0v) is 13.7. The monoisotopic (exact) mass is 300 g/mol. The molecular formula is C13H24N4O2S. The molecule has 1 N–H and O–H groups in total. The molecule has 0 amide bonds. The summed E-state index contributed by atoms with van der Waals surface area (Å²) in [6.45, 7) is 10.2. The fourth-order valence-corrected chi connectivity index (χ4v) is 2.68. The van der Waals surface area contributed by atoms with Crippen LogP contribution in [0.2, 0.25) is 0 Å². The highest BCUT2D eigenvalue weighted by Gasteiger charge is 2.20. The van der Waals surface area contributed by atoms with E-state index < -0.39 is 5.97 Å². The first-order chi connectivity index (χ1) is 9.24. The summed E-state index contributed by atoms with van der Waals surface area (Å²) in [4.78, 5) is 12.8. The summed E-state index contributed by atoms with van der Waals surface area (Å²) in [6.07, 6.45) is 0.953. The summed E-state index contributed by atoms with van der Waals surface area (Å²) >= 11 is 1.21. The van der Waals surface area contributed by atoms with E-state index in [0.717, 1.165) is 25.5 Å². The normalized spacial score (nSPS) is 11.7. The molecular weight excluding hydrogens is 276 g/mol. The summed E-state index contributed by atoms with van der Waals surface area (Å²) in [5, 5.41) is 17.8. The number of nitrogens with zero attached hydrogens (tertiary/aromatic N) is 4. The number of aromatic nitrogens is 3. The Morgan fingerprint density at radius 3 is 2.55 bits per heavy atom. The van der Waals surface area contributed by atoms with Crippen molar-refractivity contribution < 1.29 is 9.90 Å². The van der Waals surface area contributed by atoms with Gasteiger partial charge in [0.05, 0.1) is 5.75 Å². The van der Waals surface area contributed by atoms with Crippen LogP contribution in [0.3, 0.4) is 0 Å². The quantitative estimate of drug-likeness (QED) is 0.779. The highest BCUT2D eigenvalue weighted by molar-refractivity contribution is 7.99. The number of thioether (sulfide) groups is 1. The van der Waals surface area contributed by atoms with Crippen LogP contribution in [-0.2, 0) is 11.3 Å². The maximum Gasteiger partial charge on any atom is 0.313 e. The second kappa shape index (κ2) is 6.97. The molecule has 0 unspecified atom stereocenters. The van der Waals surface area contributed by atoms with Crippen molar-refractivity contribution in [1.82, 2.24) is 14.8 Å². The Bertz CT molecular complexity index is 454. The molecule has 0 bridgehead atoms. The molecule has 1 aromatic heterocycles. The third kappa shape index (κ3) is 5.03. The zero-order chi connectivity index (χ0) is 15.3. The van der Waals surface area contributed by atoms with Crippen molar-refractivity contribution in [2.75, 3.05) is 24.2 Å². The van der Waals surface area contributed by atoms with Gasteiger partial charge in [-0.05, 0) is 11.8 Å². The highest BCUT2D eigenvalue weighted by atomic mass is 32.2. The summed E-state index contributed by atoms with van der Waals surface area (Å²) in [6, 6.07) is 0. The van der Waals surface area contributed by atoms with Gasteiger partial charge in [-0.25, -0.2) is 0 Å². The molecule has 0 radical (unpaired) electrons. The molecule has 0 aliphatic carbocycles. The van der Waals surface area contributed by atoms with Gasteiger partial charge in [-0.15, -0.1) is 10.2 Å². The van der Waals surface area contributed by atoms with Crippen LogP contribution < -0.4 is 4.90 Å². The van der Waals surface area contributed by atoms with Gasteiger partial charge in [0.25, 0.3) is 0 Å². The summed E-state index contributed by atoms with van der Waals surface area (Å²) in [7, 11) is 1.99. The number of anilines is 1. The van der Waals surface area contributed by atoms with E-state index in [2.05, 4.69) is 42.8 Å². The topological polar surface area (TPSA) is 71.2 Å². The minimum absolute atomic E-state index is 0.00479. The van der Waals surface area contributed by atoms with Crippen LogP contribution in [0.1, 0.15) is 34.1 Å². The van der Waals surface area contributed by atoms with Crippen LogP contribution in [0.4, 0.5) is 5.95 Å². The number of rotatable bonds is 7. The third-order valence-corrected chi connectivity index (χ3v) is 3.47. The molecule has 1 rings (SSSR count). The zero-order valence-electron chi connectivity index (χ0n) is 12.9. The highest BCUT2D eigenvalue weighted by Crippen LogP contribution is 2.24. The predicted octanol–water partition coefficient (Wildman–Crippen LogP) is 2.35. The van der Waals surface area contributed by atoms with E-state index in [0.29, 0.717) is 5.16 Å². The van der Waals surface area contributed by atoms with Crippen LogP contribution >= 0.6 is 11.8 Å². The molecule has 6 nitrogen and oxygen atoms in total. The van der Waals surface area contributed by atoms with E-state index in [1.807, 2.05) is 11.6 Å². The average molecular weight is 300 g/mol. The van der Waals surface area contributed by atoms with Crippen molar-refractivity contribution in [3.63, 3.8) is 0 Å². The van der Waals surface area contributed by atoms with Crippen molar-refractivity contribution in [3.05, 3.63) is 0 Å². The van der Waals surface area contributed by atoms with E-state index in [4.69, 9.17) is 5.11 Å². The Hall–Kier alpha value is -1.24. The largest absolute Gasteiger partial charge is 0.481 e. The standard InChI is InChI=1S/C13H24N4O2S/c1-6-7-17-11(16(5)9-13(2,3)4)14-15-12(17)20-8-10(18)19/h6-9H2,1-5H3,(H,18,19). The second-order valence-corrected chi connectivity index (χ2v) is 6.98. The molecule has 0 saturated heterocycles. The number of hydrogen-bond donors (Lipinski definition) is 1. The van der Waals surface area contributed by atoms with Crippen molar-refractivity contribution in [2.24, 2.45) is 5.41 Å². The maximum atomic E-state index is 10.7. The van der Waals surface area contributed by atoms with Crippen LogP contribution in [0.25, 0.3) is 0 Å². The molecule has 1 aromatic rings. The van der Waals surface area contributed by atoms with E-state index in [-0.39, 0.29) is 11.2 Å². The first-order valence-corrected chi connectivity index (χ1v) is 7.72. The lowest BCUT2D eigenvalue weighted by atomic mass is 9.96. The van der Waals surface area contributed by atoms with Crippen LogP contribution in [0.5, 0.6) is 0 Å². The van der Waals surface area contributed by atoms with E-state index >= 15 is 0 Å². The summed E-state index contributed by atoms with van der Waals surface area (Å²) < 4.78 is 2.00. The van der Waals surface area contributed by atoms with E-state index in [1.165, 1.54) is 11.8 Å². The van der Waals surface area contributed by atoms with Gasteiger partial charge in [-0.1, -0.05) is 39.5 Å². The lowest BCUT2D eigenvalue weighted by Crippen LogP contribution is -2.31. The lowest BCUT2D eigenvalue weighted by Gasteiger charge is -2.27. The van der Waals surface area contributed by atoms with Gasteiger partial charge >= 0.3 is 5.97 Å². The number of hydrogen-bond acceptors (Lipinski definition) is 5. The molecule has 0 fully saturated rings. The molecule has 0 atom stereocenters. The first kappa shape index (κ1) is 16.8. The fraction of sp³-hybridized carbons (Fsp3) is 0.769. The maximum absolute atomic E-state index is 10.7. The van der Waals surface area contributed by atoms with Gasteiger partial charge in [0.2, 0.25) is 5.95 Å². The molecule has 114 valence electrons. The SMILES string of the molecule is CCCn1c(SCC(=O)O)nnc1N(C)CC(C)(C)C. The Labute approximate surface area is 124 Å². The number of aliphatic carboxylic acids is 1. The Kier molecular flexibility index (Phi) is 5.86. The number of carbonyl (C=O) groups is 1. The number of carboxylic acid groups (broad SMARTS) is 1. The minimum Gasteiger partial charge on any atom is -0.481 e. The molecule has 0 aliphatic heterocycles. The third-order valence-electron chi connectivity index (χ3n) is 2.52. The molecule has 0 saturated carbocycles. The molecule has 1 heterocycles. The van der Waals surface area contributed by atoms with Gasteiger partial charge in [-0.3, -0.25) is 9.36 Å². The van der Waals surface area contributed by atoms with Crippen molar-refractivity contribution in [2.45, 2.75) is 45.8 Å². The predicted molar refractivity (Wildman–Crippen MR) is 81.4 cm³/mol. The van der Waals surface area contributed by atoms with Gasteiger partial charge < -0.3 is 10.0 Å². The molecule has 0 spiro atoms.